The van der Waals surface area contributed by atoms with Crippen LogP contribution in [0.25, 0.3) is 5.76 Å². The van der Waals surface area contributed by atoms with Crippen molar-refractivity contribution in [2.45, 2.75) is 17.4 Å². The highest BCUT2D eigenvalue weighted by molar-refractivity contribution is 9.10. The highest BCUT2D eigenvalue weighted by Gasteiger charge is 2.45. The molecular formula is C26H23BrN2O6S. The van der Waals surface area contributed by atoms with Gasteiger partial charge < -0.3 is 14.7 Å². The number of nitrogens with zero attached hydrogens (tertiary/aromatic N) is 1. The van der Waals surface area contributed by atoms with E-state index in [0.717, 1.165) is 10.0 Å². The minimum absolute atomic E-state index is 0.00272. The molecule has 1 amide bonds. The van der Waals surface area contributed by atoms with Crippen molar-refractivity contribution >= 4 is 43.4 Å². The predicted octanol–water partition coefficient (Wildman–Crippen LogP) is 3.77. The largest absolute Gasteiger partial charge is 0.507 e. The van der Waals surface area contributed by atoms with Gasteiger partial charge in [-0.25, -0.2) is 13.6 Å². The highest BCUT2D eigenvalue weighted by Crippen LogP contribution is 2.40. The van der Waals surface area contributed by atoms with Crippen LogP contribution in [0, 0.1) is 0 Å². The zero-order valence-electron chi connectivity index (χ0n) is 19.2. The number of hydrogen-bond acceptors (Lipinski definition) is 6. The average molecular weight is 571 g/mol. The lowest BCUT2D eigenvalue weighted by Gasteiger charge is -2.25. The number of ketones is 1. The first-order valence-corrected chi connectivity index (χ1v) is 13.2. The lowest BCUT2D eigenvalue weighted by Crippen LogP contribution is -2.31. The molecule has 1 saturated heterocycles. The van der Waals surface area contributed by atoms with E-state index in [1.165, 1.54) is 24.1 Å². The fraction of sp³-hybridized carbons (Fsp3) is 0.154. The Kier molecular flexibility index (Phi) is 7.30. The number of halogens is 1. The molecule has 0 radical (unpaired) electrons. The maximum absolute atomic E-state index is 13.1. The van der Waals surface area contributed by atoms with Crippen LogP contribution in [0.15, 0.2) is 87.7 Å². The lowest BCUT2D eigenvalue weighted by molar-refractivity contribution is -0.139. The molecule has 1 aliphatic rings. The van der Waals surface area contributed by atoms with E-state index in [2.05, 4.69) is 15.9 Å². The molecule has 10 heteroatoms. The summed E-state index contributed by atoms with van der Waals surface area (Å²) >= 11 is 3.35. The molecule has 3 aromatic carbocycles. The molecule has 1 atom stereocenters. The van der Waals surface area contributed by atoms with E-state index in [-0.39, 0.29) is 22.8 Å². The first kappa shape index (κ1) is 25.6. The molecule has 8 nitrogen and oxygen atoms in total. The summed E-state index contributed by atoms with van der Waals surface area (Å²) in [6.07, 6.45) is 0.350. The molecule has 3 N–H and O–H groups in total. The van der Waals surface area contributed by atoms with E-state index in [0.29, 0.717) is 23.3 Å². The van der Waals surface area contributed by atoms with Crippen molar-refractivity contribution in [2.24, 2.45) is 5.14 Å². The van der Waals surface area contributed by atoms with Gasteiger partial charge in [-0.05, 0) is 53.9 Å². The number of rotatable bonds is 7. The van der Waals surface area contributed by atoms with E-state index in [9.17, 15) is 23.1 Å². The fourth-order valence-corrected chi connectivity index (χ4v) is 4.88. The van der Waals surface area contributed by atoms with Gasteiger partial charge in [0.2, 0.25) is 10.0 Å². The Morgan fingerprint density at radius 2 is 1.61 bits per heavy atom. The Labute approximate surface area is 217 Å². The third kappa shape index (κ3) is 5.20. The zero-order valence-corrected chi connectivity index (χ0v) is 21.6. The first-order valence-electron chi connectivity index (χ1n) is 10.9. The van der Waals surface area contributed by atoms with Crippen molar-refractivity contribution in [3.63, 3.8) is 0 Å². The monoisotopic (exact) mass is 570 g/mol. The summed E-state index contributed by atoms with van der Waals surface area (Å²) in [5, 5.41) is 16.3. The topological polar surface area (TPSA) is 127 Å². The standard InChI is InChI=1S/C26H23BrN2O6S/c1-35-20-10-6-17(7-11-20)23-22(24(30)18-4-8-19(27)9-5-18)25(31)26(32)29(23)15-14-16-2-12-21(13-3-16)36(28,33)34/h2-13,23,30H,14-15H2,1H3,(H2,28,33,34)/b24-22+. The normalized spacial score (nSPS) is 17.4. The number of primary sulfonamides is 1. The minimum Gasteiger partial charge on any atom is -0.507 e. The van der Waals surface area contributed by atoms with Crippen LogP contribution in [-0.4, -0.2) is 43.8 Å². The molecule has 0 spiro atoms. The van der Waals surface area contributed by atoms with Crippen LogP contribution in [0.2, 0.25) is 0 Å². The van der Waals surface area contributed by atoms with Gasteiger partial charge in [0.05, 0.1) is 23.6 Å². The molecule has 3 aromatic rings. The van der Waals surface area contributed by atoms with Gasteiger partial charge in [0.1, 0.15) is 11.5 Å². The second-order valence-electron chi connectivity index (χ2n) is 8.21. The Morgan fingerprint density at radius 1 is 1.00 bits per heavy atom. The zero-order chi connectivity index (χ0) is 26.0. The van der Waals surface area contributed by atoms with Gasteiger partial charge in [-0.3, -0.25) is 9.59 Å². The van der Waals surface area contributed by atoms with Gasteiger partial charge in [0, 0.05) is 16.6 Å². The molecule has 1 aliphatic heterocycles. The number of nitrogens with two attached hydrogens (primary N) is 1. The third-order valence-electron chi connectivity index (χ3n) is 5.98. The van der Waals surface area contributed by atoms with Crippen LogP contribution in [0.5, 0.6) is 5.75 Å². The Bertz CT molecular complexity index is 1430. The molecule has 4 rings (SSSR count). The van der Waals surface area contributed by atoms with Crippen molar-refractivity contribution in [2.75, 3.05) is 13.7 Å². The van der Waals surface area contributed by atoms with Gasteiger partial charge in [-0.2, -0.15) is 0 Å². The Hall–Kier alpha value is -3.47. The molecule has 0 bridgehead atoms. The summed E-state index contributed by atoms with van der Waals surface area (Å²) in [5.41, 5.74) is 1.80. The smallest absolute Gasteiger partial charge is 0.295 e. The number of sulfonamides is 1. The second kappa shape index (κ2) is 10.3. The number of aliphatic hydroxyl groups excluding tert-OH is 1. The van der Waals surface area contributed by atoms with Crippen LogP contribution in [-0.2, 0) is 26.0 Å². The fourth-order valence-electron chi connectivity index (χ4n) is 4.10. The summed E-state index contributed by atoms with van der Waals surface area (Å²) in [5.74, 6) is -1.16. The molecule has 1 heterocycles. The second-order valence-corrected chi connectivity index (χ2v) is 10.7. The minimum atomic E-state index is -3.82. The van der Waals surface area contributed by atoms with Crippen LogP contribution in [0.3, 0.4) is 0 Å². The van der Waals surface area contributed by atoms with Crippen LogP contribution >= 0.6 is 15.9 Å². The summed E-state index contributed by atoms with van der Waals surface area (Å²) in [7, 11) is -2.28. The number of benzene rings is 3. The van der Waals surface area contributed by atoms with Crippen molar-refractivity contribution in [3.05, 3.63) is 99.5 Å². The maximum Gasteiger partial charge on any atom is 0.295 e. The van der Waals surface area contributed by atoms with Crippen LogP contribution in [0.1, 0.15) is 22.7 Å². The Balaban J connectivity index is 1.72. The molecule has 0 aromatic heterocycles. The van der Waals surface area contributed by atoms with Gasteiger partial charge in [0.15, 0.2) is 0 Å². The van der Waals surface area contributed by atoms with E-state index in [4.69, 9.17) is 9.88 Å². The highest BCUT2D eigenvalue weighted by atomic mass is 79.9. The summed E-state index contributed by atoms with van der Waals surface area (Å²) in [6, 6.07) is 18.9. The molecule has 36 heavy (non-hydrogen) atoms. The number of likely N-dealkylation sites (tertiary alicyclic amines) is 1. The predicted molar refractivity (Wildman–Crippen MR) is 138 cm³/mol. The first-order chi connectivity index (χ1) is 17.1. The molecule has 0 saturated carbocycles. The molecule has 1 unspecified atom stereocenters. The van der Waals surface area contributed by atoms with E-state index < -0.39 is 27.8 Å². The maximum atomic E-state index is 13.1. The van der Waals surface area contributed by atoms with Gasteiger partial charge in [-0.15, -0.1) is 0 Å². The summed E-state index contributed by atoms with van der Waals surface area (Å²) in [4.78, 5) is 27.7. The SMILES string of the molecule is COc1ccc(C2/C(=C(\O)c3ccc(Br)cc3)C(=O)C(=O)N2CCc2ccc(S(N)(=O)=O)cc2)cc1. The number of aliphatic hydroxyl groups is 1. The number of methoxy groups -OCH3 is 1. The summed E-state index contributed by atoms with van der Waals surface area (Å²) in [6.45, 7) is 0.160. The van der Waals surface area contributed by atoms with Crippen molar-refractivity contribution in [3.8, 4) is 5.75 Å². The molecule has 0 aliphatic carbocycles. The number of hydrogen-bond donors (Lipinski definition) is 2. The summed E-state index contributed by atoms with van der Waals surface area (Å²) < 4.78 is 29.1. The van der Waals surface area contributed by atoms with Gasteiger partial charge in [0.25, 0.3) is 11.7 Å². The van der Waals surface area contributed by atoms with Crippen molar-refractivity contribution < 1.29 is 27.9 Å². The average Bonchev–Trinajstić information content (AvgIpc) is 3.12. The van der Waals surface area contributed by atoms with Crippen molar-refractivity contribution in [1.82, 2.24) is 4.90 Å². The van der Waals surface area contributed by atoms with Crippen LogP contribution in [0.4, 0.5) is 0 Å². The number of carbonyl (C=O) groups excluding carboxylic acids is 2. The molecule has 186 valence electrons. The molecule has 1 fully saturated rings. The number of amides is 1. The van der Waals surface area contributed by atoms with Gasteiger partial charge >= 0.3 is 0 Å². The third-order valence-corrected chi connectivity index (χ3v) is 7.44. The Morgan fingerprint density at radius 3 is 2.17 bits per heavy atom. The van der Waals surface area contributed by atoms with Crippen LogP contribution < -0.4 is 9.88 Å². The number of carbonyl (C=O) groups is 2. The van der Waals surface area contributed by atoms with E-state index in [1.807, 2.05) is 0 Å². The quantitative estimate of drug-likeness (QED) is 0.253. The van der Waals surface area contributed by atoms with Gasteiger partial charge in [-0.1, -0.05) is 52.3 Å². The van der Waals surface area contributed by atoms with E-state index in [1.54, 1.807) is 60.7 Å². The number of ether oxygens (including phenoxy) is 1. The van der Waals surface area contributed by atoms with E-state index >= 15 is 0 Å². The van der Waals surface area contributed by atoms with Crippen molar-refractivity contribution in [1.29, 1.82) is 0 Å². The number of Topliss-reactive ketones (excluding diaryl/α,β-unsaturated/α-hetero) is 1. The molecular weight excluding hydrogens is 548 g/mol. The lowest BCUT2D eigenvalue weighted by atomic mass is 9.95.